The van der Waals surface area contributed by atoms with E-state index < -0.39 is 0 Å². The molecule has 15 heavy (non-hydrogen) atoms. The molecule has 0 amide bonds. The Hall–Kier alpha value is -0.0800. The molecular formula is C13H26N2. The number of nitrogens with zero attached hydrogens (tertiary/aromatic N) is 1. The lowest BCUT2D eigenvalue weighted by Crippen LogP contribution is -2.38. The van der Waals surface area contributed by atoms with Crippen molar-refractivity contribution in [3.8, 4) is 0 Å². The van der Waals surface area contributed by atoms with Gasteiger partial charge < -0.3 is 5.32 Å². The van der Waals surface area contributed by atoms with E-state index in [4.69, 9.17) is 0 Å². The smallest absolute Gasteiger partial charge is 0.00993 e. The van der Waals surface area contributed by atoms with Crippen molar-refractivity contribution in [2.75, 3.05) is 19.6 Å². The van der Waals surface area contributed by atoms with Crippen molar-refractivity contribution in [1.29, 1.82) is 0 Å². The van der Waals surface area contributed by atoms with Gasteiger partial charge in [0, 0.05) is 18.6 Å². The van der Waals surface area contributed by atoms with Gasteiger partial charge in [0.1, 0.15) is 0 Å². The van der Waals surface area contributed by atoms with Crippen LogP contribution in [0.1, 0.15) is 46.0 Å². The SMILES string of the molecule is CCNCCC(C)N(CC1CC1)C1CC1. The zero-order chi connectivity index (χ0) is 10.7. The Kier molecular flexibility index (Phi) is 4.04. The fraction of sp³-hybridized carbons (Fsp3) is 1.00. The van der Waals surface area contributed by atoms with Gasteiger partial charge >= 0.3 is 0 Å². The van der Waals surface area contributed by atoms with Crippen molar-refractivity contribution < 1.29 is 0 Å². The second-order valence-corrected chi connectivity index (χ2v) is 5.36. The third kappa shape index (κ3) is 3.76. The van der Waals surface area contributed by atoms with Crippen LogP contribution in [0.2, 0.25) is 0 Å². The van der Waals surface area contributed by atoms with Gasteiger partial charge in [0.2, 0.25) is 0 Å². The molecule has 2 aliphatic rings. The third-order valence-corrected chi connectivity index (χ3v) is 3.74. The Labute approximate surface area is 94.4 Å². The van der Waals surface area contributed by atoms with Gasteiger partial charge in [-0.1, -0.05) is 6.92 Å². The van der Waals surface area contributed by atoms with Crippen LogP contribution in [-0.4, -0.2) is 36.6 Å². The summed E-state index contributed by atoms with van der Waals surface area (Å²) in [5, 5.41) is 3.44. The van der Waals surface area contributed by atoms with E-state index in [1.807, 2.05) is 0 Å². The van der Waals surface area contributed by atoms with Crippen LogP contribution in [-0.2, 0) is 0 Å². The fourth-order valence-corrected chi connectivity index (χ4v) is 2.35. The Morgan fingerprint density at radius 3 is 2.53 bits per heavy atom. The normalized spacial score (nSPS) is 23.4. The molecule has 0 spiro atoms. The number of hydrogen-bond donors (Lipinski definition) is 1. The monoisotopic (exact) mass is 210 g/mol. The number of nitrogens with one attached hydrogen (secondary N) is 1. The Balaban J connectivity index is 1.70. The Morgan fingerprint density at radius 2 is 2.00 bits per heavy atom. The topological polar surface area (TPSA) is 15.3 Å². The highest BCUT2D eigenvalue weighted by Gasteiger charge is 2.35. The third-order valence-electron chi connectivity index (χ3n) is 3.74. The lowest BCUT2D eigenvalue weighted by Gasteiger charge is -2.29. The highest BCUT2D eigenvalue weighted by atomic mass is 15.2. The van der Waals surface area contributed by atoms with E-state index in [0.717, 1.165) is 24.5 Å². The van der Waals surface area contributed by atoms with E-state index in [1.165, 1.54) is 45.2 Å². The number of rotatable bonds is 8. The van der Waals surface area contributed by atoms with E-state index in [2.05, 4.69) is 24.1 Å². The highest BCUT2D eigenvalue weighted by molar-refractivity contribution is 4.90. The van der Waals surface area contributed by atoms with Crippen LogP contribution in [0.3, 0.4) is 0 Å². The maximum atomic E-state index is 3.44. The Bertz CT molecular complexity index is 185. The number of hydrogen-bond acceptors (Lipinski definition) is 2. The average Bonchev–Trinajstić information content (AvgIpc) is 3.06. The molecule has 1 N–H and O–H groups in total. The predicted octanol–water partition coefficient (Wildman–Crippen LogP) is 2.25. The quantitative estimate of drug-likeness (QED) is 0.618. The second-order valence-electron chi connectivity index (χ2n) is 5.36. The van der Waals surface area contributed by atoms with Crippen LogP contribution >= 0.6 is 0 Å². The van der Waals surface area contributed by atoms with Crippen LogP contribution in [0.25, 0.3) is 0 Å². The van der Waals surface area contributed by atoms with Crippen LogP contribution in [0.4, 0.5) is 0 Å². The van der Waals surface area contributed by atoms with Crippen LogP contribution in [0.5, 0.6) is 0 Å². The molecule has 2 nitrogen and oxygen atoms in total. The summed E-state index contributed by atoms with van der Waals surface area (Å²) in [4.78, 5) is 2.79. The highest BCUT2D eigenvalue weighted by Crippen LogP contribution is 2.36. The van der Waals surface area contributed by atoms with Gasteiger partial charge in [-0.25, -0.2) is 0 Å². The molecule has 1 unspecified atom stereocenters. The molecule has 0 saturated heterocycles. The van der Waals surface area contributed by atoms with Crippen molar-refractivity contribution in [1.82, 2.24) is 10.2 Å². The minimum atomic E-state index is 0.789. The van der Waals surface area contributed by atoms with E-state index in [9.17, 15) is 0 Å². The molecule has 0 bridgehead atoms. The van der Waals surface area contributed by atoms with Crippen molar-refractivity contribution >= 4 is 0 Å². The summed E-state index contributed by atoms with van der Waals surface area (Å²) < 4.78 is 0. The van der Waals surface area contributed by atoms with Crippen molar-refractivity contribution in [3.05, 3.63) is 0 Å². The molecule has 0 aliphatic heterocycles. The molecule has 88 valence electrons. The van der Waals surface area contributed by atoms with E-state index >= 15 is 0 Å². The van der Waals surface area contributed by atoms with Gasteiger partial charge in [0.05, 0.1) is 0 Å². The van der Waals surface area contributed by atoms with E-state index in [1.54, 1.807) is 0 Å². The largest absolute Gasteiger partial charge is 0.317 e. The van der Waals surface area contributed by atoms with E-state index in [0.29, 0.717) is 0 Å². The zero-order valence-electron chi connectivity index (χ0n) is 10.3. The minimum Gasteiger partial charge on any atom is -0.317 e. The van der Waals surface area contributed by atoms with Crippen molar-refractivity contribution in [3.63, 3.8) is 0 Å². The summed E-state index contributed by atoms with van der Waals surface area (Å²) in [5.74, 6) is 1.05. The molecule has 2 aliphatic carbocycles. The summed E-state index contributed by atoms with van der Waals surface area (Å²) in [6.45, 7) is 8.29. The molecule has 0 aromatic rings. The summed E-state index contributed by atoms with van der Waals surface area (Å²) in [6, 6.07) is 1.74. The summed E-state index contributed by atoms with van der Waals surface area (Å²) in [7, 11) is 0. The molecule has 0 aromatic heterocycles. The first-order valence-electron chi connectivity index (χ1n) is 6.77. The first-order valence-corrected chi connectivity index (χ1v) is 6.77. The maximum Gasteiger partial charge on any atom is 0.00993 e. The molecule has 2 fully saturated rings. The maximum absolute atomic E-state index is 3.44. The molecule has 1 atom stereocenters. The fourth-order valence-electron chi connectivity index (χ4n) is 2.35. The molecule has 2 heteroatoms. The molecular weight excluding hydrogens is 184 g/mol. The predicted molar refractivity (Wildman–Crippen MR) is 65.1 cm³/mol. The summed E-state index contributed by atoms with van der Waals surface area (Å²) in [5.41, 5.74) is 0. The zero-order valence-corrected chi connectivity index (χ0v) is 10.3. The second kappa shape index (κ2) is 5.31. The van der Waals surface area contributed by atoms with Gasteiger partial charge in [-0.2, -0.15) is 0 Å². The summed E-state index contributed by atoms with van der Waals surface area (Å²) in [6.07, 6.45) is 7.21. The summed E-state index contributed by atoms with van der Waals surface area (Å²) >= 11 is 0. The van der Waals surface area contributed by atoms with Gasteiger partial charge in [-0.05, 0) is 58.0 Å². The van der Waals surface area contributed by atoms with Gasteiger partial charge in [0.25, 0.3) is 0 Å². The standard InChI is InChI=1S/C13H26N2/c1-3-14-9-8-11(2)15(13-6-7-13)10-12-4-5-12/h11-14H,3-10H2,1-2H3. The minimum absolute atomic E-state index is 0.789. The van der Waals surface area contributed by atoms with E-state index in [-0.39, 0.29) is 0 Å². The molecule has 0 radical (unpaired) electrons. The van der Waals surface area contributed by atoms with Crippen molar-refractivity contribution in [2.45, 2.75) is 58.0 Å². The first kappa shape index (κ1) is 11.4. The van der Waals surface area contributed by atoms with Crippen LogP contribution in [0, 0.1) is 5.92 Å². The molecule has 0 aromatic carbocycles. The lowest BCUT2D eigenvalue weighted by molar-refractivity contribution is 0.181. The first-order chi connectivity index (χ1) is 7.31. The Morgan fingerprint density at radius 1 is 1.27 bits per heavy atom. The lowest BCUT2D eigenvalue weighted by atomic mass is 10.2. The van der Waals surface area contributed by atoms with Crippen LogP contribution < -0.4 is 5.32 Å². The van der Waals surface area contributed by atoms with Gasteiger partial charge in [-0.3, -0.25) is 4.90 Å². The van der Waals surface area contributed by atoms with Gasteiger partial charge in [-0.15, -0.1) is 0 Å². The van der Waals surface area contributed by atoms with Gasteiger partial charge in [0.15, 0.2) is 0 Å². The average molecular weight is 210 g/mol. The molecule has 2 rings (SSSR count). The molecule has 2 saturated carbocycles. The van der Waals surface area contributed by atoms with Crippen molar-refractivity contribution in [2.24, 2.45) is 5.92 Å². The van der Waals surface area contributed by atoms with Crippen LogP contribution in [0.15, 0.2) is 0 Å². The molecule has 0 heterocycles.